The summed E-state index contributed by atoms with van der Waals surface area (Å²) < 4.78 is 7.53. The first-order valence-electron chi connectivity index (χ1n) is 11.2. The van der Waals surface area contributed by atoms with Gasteiger partial charge in [-0.2, -0.15) is 5.26 Å². The monoisotopic (exact) mass is 463 g/mol. The SMILES string of the molecule is CC(C)(C)c1ccc(-c2nnc(SCC(=O)NC3(C#N)CCCC3)n2Cc2ccco2)cc1. The van der Waals surface area contributed by atoms with Gasteiger partial charge in [0.15, 0.2) is 11.0 Å². The number of furan rings is 1. The molecular weight excluding hydrogens is 434 g/mol. The first-order valence-corrected chi connectivity index (χ1v) is 12.2. The van der Waals surface area contributed by atoms with Gasteiger partial charge in [0.1, 0.15) is 11.3 Å². The first kappa shape index (κ1) is 23.1. The minimum Gasteiger partial charge on any atom is -0.467 e. The number of benzene rings is 1. The number of nitriles is 1. The molecule has 1 N–H and O–H groups in total. The molecule has 4 rings (SSSR count). The fourth-order valence-electron chi connectivity index (χ4n) is 4.11. The van der Waals surface area contributed by atoms with Crippen LogP contribution in [0.1, 0.15) is 57.8 Å². The third-order valence-electron chi connectivity index (χ3n) is 6.00. The lowest BCUT2D eigenvalue weighted by atomic mass is 9.87. The van der Waals surface area contributed by atoms with Crippen molar-refractivity contribution < 1.29 is 9.21 Å². The molecule has 1 fully saturated rings. The average molecular weight is 464 g/mol. The van der Waals surface area contributed by atoms with Gasteiger partial charge < -0.3 is 9.73 Å². The second-order valence-electron chi connectivity index (χ2n) is 9.54. The van der Waals surface area contributed by atoms with E-state index in [-0.39, 0.29) is 17.1 Å². The highest BCUT2D eigenvalue weighted by molar-refractivity contribution is 7.99. The van der Waals surface area contributed by atoms with E-state index < -0.39 is 5.54 Å². The second-order valence-corrected chi connectivity index (χ2v) is 10.5. The molecule has 7 nitrogen and oxygen atoms in total. The Kier molecular flexibility index (Phi) is 6.61. The lowest BCUT2D eigenvalue weighted by molar-refractivity contribution is -0.119. The molecule has 0 saturated heterocycles. The predicted octanol–water partition coefficient (Wildman–Crippen LogP) is 4.93. The number of thioether (sulfide) groups is 1. The second kappa shape index (κ2) is 9.44. The molecule has 8 heteroatoms. The van der Waals surface area contributed by atoms with Crippen LogP contribution >= 0.6 is 11.8 Å². The van der Waals surface area contributed by atoms with Crippen LogP contribution in [0.2, 0.25) is 0 Å². The van der Waals surface area contributed by atoms with E-state index in [1.165, 1.54) is 17.3 Å². The highest BCUT2D eigenvalue weighted by Crippen LogP contribution is 2.30. The number of hydrogen-bond donors (Lipinski definition) is 1. The van der Waals surface area contributed by atoms with Crippen LogP contribution < -0.4 is 5.32 Å². The largest absolute Gasteiger partial charge is 0.467 e. The van der Waals surface area contributed by atoms with E-state index >= 15 is 0 Å². The minimum atomic E-state index is -0.723. The summed E-state index contributed by atoms with van der Waals surface area (Å²) in [6.45, 7) is 7.01. The Bertz CT molecular complexity index is 1130. The number of nitrogens with zero attached hydrogens (tertiary/aromatic N) is 4. The van der Waals surface area contributed by atoms with Crippen LogP contribution in [-0.2, 0) is 16.8 Å². The molecule has 1 aliphatic carbocycles. The molecule has 0 spiro atoms. The van der Waals surface area contributed by atoms with Gasteiger partial charge in [-0.3, -0.25) is 9.36 Å². The molecule has 3 aromatic rings. The molecule has 0 bridgehead atoms. The summed E-state index contributed by atoms with van der Waals surface area (Å²) in [4.78, 5) is 12.6. The Morgan fingerprint density at radius 1 is 1.21 bits per heavy atom. The molecule has 2 aromatic heterocycles. The topological polar surface area (TPSA) is 96.7 Å². The van der Waals surface area contributed by atoms with E-state index in [1.807, 2.05) is 16.7 Å². The van der Waals surface area contributed by atoms with Crippen molar-refractivity contribution in [1.82, 2.24) is 20.1 Å². The van der Waals surface area contributed by atoms with Crippen LogP contribution in [0.15, 0.2) is 52.2 Å². The molecule has 0 radical (unpaired) electrons. The van der Waals surface area contributed by atoms with Crippen molar-refractivity contribution >= 4 is 17.7 Å². The van der Waals surface area contributed by atoms with Gasteiger partial charge in [0.05, 0.1) is 24.6 Å². The number of carbonyl (C=O) groups is 1. The summed E-state index contributed by atoms with van der Waals surface area (Å²) in [5.41, 5.74) is 1.54. The number of rotatable bonds is 7. The standard InChI is InChI=1S/C25H29N5O2S/c1-24(2,3)19-10-8-18(9-11-19)22-28-29-23(30(22)15-20-7-6-14-32-20)33-16-21(31)27-25(17-26)12-4-5-13-25/h6-11,14H,4-5,12-13,15-16H2,1-3H3,(H,27,31). The lowest BCUT2D eigenvalue weighted by Crippen LogP contribution is -2.45. The van der Waals surface area contributed by atoms with Gasteiger partial charge in [-0.25, -0.2) is 0 Å². The molecule has 1 aliphatic rings. The van der Waals surface area contributed by atoms with Crippen molar-refractivity contribution in [3.8, 4) is 17.5 Å². The van der Waals surface area contributed by atoms with Crippen LogP contribution in [0, 0.1) is 11.3 Å². The molecule has 1 amide bonds. The molecule has 33 heavy (non-hydrogen) atoms. The molecule has 2 heterocycles. The maximum Gasteiger partial charge on any atom is 0.231 e. The van der Waals surface area contributed by atoms with Crippen molar-refractivity contribution in [3.63, 3.8) is 0 Å². The third kappa shape index (κ3) is 5.31. The fourth-order valence-corrected chi connectivity index (χ4v) is 4.84. The van der Waals surface area contributed by atoms with Crippen molar-refractivity contribution in [3.05, 3.63) is 54.0 Å². The van der Waals surface area contributed by atoms with E-state index in [2.05, 4.69) is 66.6 Å². The van der Waals surface area contributed by atoms with Crippen LogP contribution in [0.3, 0.4) is 0 Å². The zero-order valence-electron chi connectivity index (χ0n) is 19.3. The molecular formula is C25H29N5O2S. The van der Waals surface area contributed by atoms with Gasteiger partial charge in [0, 0.05) is 5.56 Å². The molecule has 172 valence electrons. The highest BCUT2D eigenvalue weighted by Gasteiger charge is 2.35. The Morgan fingerprint density at radius 2 is 1.94 bits per heavy atom. The summed E-state index contributed by atoms with van der Waals surface area (Å²) in [7, 11) is 0. The predicted molar refractivity (Wildman–Crippen MR) is 128 cm³/mol. The van der Waals surface area contributed by atoms with Gasteiger partial charge in [-0.15, -0.1) is 10.2 Å². The minimum absolute atomic E-state index is 0.0643. The maximum atomic E-state index is 12.6. The average Bonchev–Trinajstić information content (AvgIpc) is 3.54. The Balaban J connectivity index is 1.55. The molecule has 1 aromatic carbocycles. The summed E-state index contributed by atoms with van der Waals surface area (Å²) >= 11 is 1.32. The zero-order chi connectivity index (χ0) is 23.5. The fraction of sp³-hybridized carbons (Fsp3) is 0.440. The number of nitrogens with one attached hydrogen (secondary N) is 1. The lowest BCUT2D eigenvalue weighted by Gasteiger charge is -2.21. The zero-order valence-corrected chi connectivity index (χ0v) is 20.1. The number of aromatic nitrogens is 3. The summed E-state index contributed by atoms with van der Waals surface area (Å²) in [5.74, 6) is 1.51. The van der Waals surface area contributed by atoms with Gasteiger partial charge in [0.25, 0.3) is 0 Å². The maximum absolute atomic E-state index is 12.6. The Hall–Kier alpha value is -3.05. The number of carbonyl (C=O) groups excluding carboxylic acids is 1. The van der Waals surface area contributed by atoms with Gasteiger partial charge in [0.2, 0.25) is 5.91 Å². The Morgan fingerprint density at radius 3 is 2.55 bits per heavy atom. The van der Waals surface area contributed by atoms with Crippen LogP contribution in [0.4, 0.5) is 0 Å². The van der Waals surface area contributed by atoms with Crippen molar-refractivity contribution in [2.24, 2.45) is 0 Å². The van der Waals surface area contributed by atoms with E-state index in [4.69, 9.17) is 4.42 Å². The summed E-state index contributed by atoms with van der Waals surface area (Å²) in [5, 5.41) is 21.9. The Labute approximate surface area is 198 Å². The summed E-state index contributed by atoms with van der Waals surface area (Å²) in [6, 6.07) is 14.4. The van der Waals surface area contributed by atoms with Crippen molar-refractivity contribution in [1.29, 1.82) is 5.26 Å². The van der Waals surface area contributed by atoms with E-state index in [0.29, 0.717) is 24.5 Å². The van der Waals surface area contributed by atoms with Gasteiger partial charge in [-0.05, 0) is 48.8 Å². The number of hydrogen-bond acceptors (Lipinski definition) is 6. The van der Waals surface area contributed by atoms with Crippen LogP contribution in [0.25, 0.3) is 11.4 Å². The molecule has 0 atom stereocenters. The third-order valence-corrected chi connectivity index (χ3v) is 6.97. The van der Waals surface area contributed by atoms with Crippen molar-refractivity contribution in [2.75, 3.05) is 5.75 Å². The van der Waals surface area contributed by atoms with E-state index in [1.54, 1.807) is 6.26 Å². The quantitative estimate of drug-likeness (QED) is 0.499. The number of amides is 1. The van der Waals surface area contributed by atoms with Gasteiger partial charge in [-0.1, -0.05) is 56.8 Å². The molecule has 0 aliphatic heterocycles. The van der Waals surface area contributed by atoms with Crippen molar-refractivity contribution in [2.45, 2.75) is 69.1 Å². The molecule has 1 saturated carbocycles. The van der Waals surface area contributed by atoms with Crippen LogP contribution in [0.5, 0.6) is 0 Å². The highest BCUT2D eigenvalue weighted by atomic mass is 32.2. The van der Waals surface area contributed by atoms with E-state index in [0.717, 1.165) is 30.0 Å². The molecule has 0 unspecified atom stereocenters. The van der Waals surface area contributed by atoms with E-state index in [9.17, 15) is 10.1 Å². The van der Waals surface area contributed by atoms with Gasteiger partial charge >= 0.3 is 0 Å². The summed E-state index contributed by atoms with van der Waals surface area (Å²) in [6.07, 6.45) is 5.00. The smallest absolute Gasteiger partial charge is 0.231 e. The normalized spacial score (nSPS) is 15.3. The first-order chi connectivity index (χ1) is 15.8. The van der Waals surface area contributed by atoms with Crippen LogP contribution in [-0.4, -0.2) is 32.0 Å².